The monoisotopic (exact) mass is 298 g/mol. The molecule has 0 aliphatic carbocycles. The number of rotatable bonds is 10. The number of hydrogen-bond donors (Lipinski definition) is 1. The molecule has 0 bridgehead atoms. The molecule has 0 spiro atoms. The van der Waals surface area contributed by atoms with Crippen molar-refractivity contribution in [1.82, 2.24) is 5.32 Å². The van der Waals surface area contributed by atoms with Gasteiger partial charge in [-0.05, 0) is 37.6 Å². The number of benzene rings is 1. The molecule has 1 aromatic carbocycles. The number of nitrogens with zero attached hydrogens (tertiary/aromatic N) is 1. The Labute approximate surface area is 127 Å². The van der Waals surface area contributed by atoms with Gasteiger partial charge in [0.25, 0.3) is 0 Å². The Hall–Kier alpha value is -1.17. The molecule has 1 rings (SSSR count). The van der Waals surface area contributed by atoms with Gasteiger partial charge in [-0.25, -0.2) is 4.39 Å². The Morgan fingerprint density at radius 3 is 2.71 bits per heavy atom. The first kappa shape index (κ1) is 17.9. The molecular formula is C16H27FN2O2. The molecule has 0 aromatic heterocycles. The zero-order valence-corrected chi connectivity index (χ0v) is 13.5. The predicted octanol–water partition coefficient (Wildman–Crippen LogP) is 2.42. The van der Waals surface area contributed by atoms with Gasteiger partial charge in [0.15, 0.2) is 0 Å². The lowest BCUT2D eigenvalue weighted by Crippen LogP contribution is -2.26. The largest absolute Gasteiger partial charge is 0.383 e. The fourth-order valence-corrected chi connectivity index (χ4v) is 2.01. The molecule has 0 atom stereocenters. The molecule has 0 aliphatic heterocycles. The van der Waals surface area contributed by atoms with Crippen LogP contribution in [-0.2, 0) is 16.0 Å². The average Bonchev–Trinajstić information content (AvgIpc) is 2.43. The molecule has 0 amide bonds. The van der Waals surface area contributed by atoms with Crippen LogP contribution >= 0.6 is 0 Å². The standard InChI is InChI=1S/C16H27FN2O2/c1-13(2)21-10-8-19(3)16-6-5-15(17)11-14(16)12-18-7-9-20-4/h5-6,11,13,18H,7-10,12H2,1-4H3. The zero-order valence-electron chi connectivity index (χ0n) is 13.5. The van der Waals surface area contributed by atoms with Crippen molar-refractivity contribution in [2.24, 2.45) is 0 Å². The molecule has 1 aromatic rings. The lowest BCUT2D eigenvalue weighted by Gasteiger charge is -2.23. The predicted molar refractivity (Wildman–Crippen MR) is 84.3 cm³/mol. The van der Waals surface area contributed by atoms with Crippen molar-refractivity contribution in [2.45, 2.75) is 26.5 Å². The maximum Gasteiger partial charge on any atom is 0.123 e. The van der Waals surface area contributed by atoms with E-state index in [9.17, 15) is 4.39 Å². The molecule has 0 unspecified atom stereocenters. The number of anilines is 1. The molecule has 1 N–H and O–H groups in total. The number of nitrogens with one attached hydrogen (secondary N) is 1. The van der Waals surface area contributed by atoms with Crippen molar-refractivity contribution in [3.8, 4) is 0 Å². The lowest BCUT2D eigenvalue weighted by molar-refractivity contribution is 0.0846. The summed E-state index contributed by atoms with van der Waals surface area (Å²) in [5.74, 6) is -0.214. The Balaban J connectivity index is 2.62. The zero-order chi connectivity index (χ0) is 15.7. The third kappa shape index (κ3) is 6.89. The summed E-state index contributed by atoms with van der Waals surface area (Å²) in [6.07, 6.45) is 0.224. The maximum absolute atomic E-state index is 13.4. The van der Waals surface area contributed by atoms with E-state index in [0.29, 0.717) is 19.8 Å². The Kier molecular flexibility index (Phi) is 8.27. The van der Waals surface area contributed by atoms with Gasteiger partial charge in [0.05, 0.1) is 19.3 Å². The summed E-state index contributed by atoms with van der Waals surface area (Å²) in [5.41, 5.74) is 1.96. The van der Waals surface area contributed by atoms with Crippen molar-refractivity contribution in [3.63, 3.8) is 0 Å². The lowest BCUT2D eigenvalue weighted by atomic mass is 10.1. The molecule has 5 heteroatoms. The number of methoxy groups -OCH3 is 1. The molecule has 21 heavy (non-hydrogen) atoms. The van der Waals surface area contributed by atoms with Crippen LogP contribution in [0.3, 0.4) is 0 Å². The van der Waals surface area contributed by atoms with Crippen molar-refractivity contribution in [2.75, 3.05) is 45.4 Å². The highest BCUT2D eigenvalue weighted by atomic mass is 19.1. The van der Waals surface area contributed by atoms with Gasteiger partial charge in [0.2, 0.25) is 0 Å². The van der Waals surface area contributed by atoms with Gasteiger partial charge in [-0.2, -0.15) is 0 Å². The van der Waals surface area contributed by atoms with E-state index in [4.69, 9.17) is 9.47 Å². The third-order valence-corrected chi connectivity index (χ3v) is 3.13. The van der Waals surface area contributed by atoms with Crippen LogP contribution in [0.4, 0.5) is 10.1 Å². The second-order valence-electron chi connectivity index (χ2n) is 5.28. The molecule has 0 saturated heterocycles. The SMILES string of the molecule is COCCNCc1cc(F)ccc1N(C)CCOC(C)C. The smallest absolute Gasteiger partial charge is 0.123 e. The van der Waals surface area contributed by atoms with Gasteiger partial charge in [-0.3, -0.25) is 0 Å². The highest BCUT2D eigenvalue weighted by Crippen LogP contribution is 2.20. The minimum atomic E-state index is -0.214. The normalized spacial score (nSPS) is 11.1. The molecule has 120 valence electrons. The van der Waals surface area contributed by atoms with E-state index in [1.54, 1.807) is 13.2 Å². The second kappa shape index (κ2) is 9.71. The minimum Gasteiger partial charge on any atom is -0.383 e. The van der Waals surface area contributed by atoms with E-state index in [1.807, 2.05) is 27.0 Å². The van der Waals surface area contributed by atoms with Gasteiger partial charge in [0, 0.05) is 39.5 Å². The Morgan fingerprint density at radius 1 is 1.29 bits per heavy atom. The summed E-state index contributed by atoms with van der Waals surface area (Å²) in [6.45, 7) is 7.46. The highest BCUT2D eigenvalue weighted by Gasteiger charge is 2.09. The van der Waals surface area contributed by atoms with Gasteiger partial charge in [0.1, 0.15) is 5.82 Å². The van der Waals surface area contributed by atoms with Crippen LogP contribution in [0.1, 0.15) is 19.4 Å². The molecule has 0 aliphatic rings. The fourth-order valence-electron chi connectivity index (χ4n) is 2.01. The van der Waals surface area contributed by atoms with Gasteiger partial charge in [-0.15, -0.1) is 0 Å². The van der Waals surface area contributed by atoms with E-state index in [0.717, 1.165) is 24.3 Å². The summed E-state index contributed by atoms with van der Waals surface area (Å²) in [5, 5.41) is 3.25. The van der Waals surface area contributed by atoms with E-state index in [-0.39, 0.29) is 11.9 Å². The van der Waals surface area contributed by atoms with Crippen molar-refractivity contribution < 1.29 is 13.9 Å². The van der Waals surface area contributed by atoms with Crippen LogP contribution in [0.25, 0.3) is 0 Å². The highest BCUT2D eigenvalue weighted by molar-refractivity contribution is 5.53. The summed E-state index contributed by atoms with van der Waals surface area (Å²) in [4.78, 5) is 2.09. The first-order valence-electron chi connectivity index (χ1n) is 7.35. The molecule has 0 fully saturated rings. The summed E-state index contributed by atoms with van der Waals surface area (Å²) >= 11 is 0. The van der Waals surface area contributed by atoms with E-state index in [2.05, 4.69) is 10.2 Å². The van der Waals surface area contributed by atoms with Gasteiger partial charge < -0.3 is 19.7 Å². The summed E-state index contributed by atoms with van der Waals surface area (Å²) in [6, 6.07) is 4.89. The van der Waals surface area contributed by atoms with Crippen LogP contribution in [0, 0.1) is 5.82 Å². The van der Waals surface area contributed by atoms with Gasteiger partial charge in [-0.1, -0.05) is 0 Å². The quantitative estimate of drug-likeness (QED) is 0.673. The first-order valence-corrected chi connectivity index (χ1v) is 7.35. The van der Waals surface area contributed by atoms with E-state index in [1.165, 1.54) is 6.07 Å². The van der Waals surface area contributed by atoms with Crippen molar-refractivity contribution >= 4 is 5.69 Å². The molecule has 4 nitrogen and oxygen atoms in total. The maximum atomic E-state index is 13.4. The number of hydrogen-bond acceptors (Lipinski definition) is 4. The van der Waals surface area contributed by atoms with Crippen LogP contribution in [0.15, 0.2) is 18.2 Å². The molecule has 0 heterocycles. The molecule has 0 saturated carbocycles. The number of ether oxygens (including phenoxy) is 2. The van der Waals surface area contributed by atoms with Crippen LogP contribution in [-0.4, -0.2) is 46.6 Å². The fraction of sp³-hybridized carbons (Fsp3) is 0.625. The van der Waals surface area contributed by atoms with Gasteiger partial charge >= 0.3 is 0 Å². The van der Waals surface area contributed by atoms with Crippen LogP contribution in [0.5, 0.6) is 0 Å². The molecular weight excluding hydrogens is 271 g/mol. The average molecular weight is 298 g/mol. The first-order chi connectivity index (χ1) is 10.0. The molecule has 0 radical (unpaired) electrons. The summed E-state index contributed by atoms with van der Waals surface area (Å²) in [7, 11) is 3.66. The Bertz CT molecular complexity index is 413. The van der Waals surface area contributed by atoms with E-state index >= 15 is 0 Å². The van der Waals surface area contributed by atoms with Crippen molar-refractivity contribution in [3.05, 3.63) is 29.6 Å². The van der Waals surface area contributed by atoms with Crippen LogP contribution in [0.2, 0.25) is 0 Å². The number of likely N-dealkylation sites (N-methyl/N-ethyl adjacent to an activating group) is 1. The van der Waals surface area contributed by atoms with Crippen LogP contribution < -0.4 is 10.2 Å². The van der Waals surface area contributed by atoms with E-state index < -0.39 is 0 Å². The summed E-state index contributed by atoms with van der Waals surface area (Å²) < 4.78 is 24.0. The second-order valence-corrected chi connectivity index (χ2v) is 5.28. The number of halogens is 1. The topological polar surface area (TPSA) is 33.7 Å². The Morgan fingerprint density at radius 2 is 2.05 bits per heavy atom. The minimum absolute atomic E-state index is 0.214. The van der Waals surface area contributed by atoms with Crippen molar-refractivity contribution in [1.29, 1.82) is 0 Å². The third-order valence-electron chi connectivity index (χ3n) is 3.13.